The lowest BCUT2D eigenvalue weighted by molar-refractivity contribution is -0.148. The van der Waals surface area contributed by atoms with Crippen LogP contribution in [0.2, 0.25) is 0 Å². The maximum atomic E-state index is 12.3. The van der Waals surface area contributed by atoms with Gasteiger partial charge in [0, 0.05) is 25.7 Å². The number of likely N-dealkylation sites (tertiary alicyclic amines) is 1. The number of alkyl halides is 3. The van der Waals surface area contributed by atoms with E-state index in [1.807, 2.05) is 0 Å². The van der Waals surface area contributed by atoms with Crippen LogP contribution in [0.1, 0.15) is 25.7 Å². The van der Waals surface area contributed by atoms with Gasteiger partial charge in [-0.2, -0.15) is 13.2 Å². The molecule has 122 valence electrons. The molecule has 0 bridgehead atoms. The van der Waals surface area contributed by atoms with Crippen molar-refractivity contribution in [1.82, 2.24) is 10.2 Å². The standard InChI is InChI=1S/C14H23F3N2O2/c1-21-13(20)11-5-12(18-9-14(15,16)17)8-19(7-11)6-10-3-2-4-10/h10-12,18H,2-9H2,1H3. The second-order valence-electron chi connectivity index (χ2n) is 6.16. The average Bonchev–Trinajstić information content (AvgIpc) is 2.39. The zero-order valence-corrected chi connectivity index (χ0v) is 12.3. The van der Waals surface area contributed by atoms with E-state index in [-0.39, 0.29) is 17.9 Å². The summed E-state index contributed by atoms with van der Waals surface area (Å²) in [5, 5.41) is 2.54. The third-order valence-electron chi connectivity index (χ3n) is 4.39. The molecule has 1 saturated heterocycles. The molecule has 1 heterocycles. The van der Waals surface area contributed by atoms with Crippen molar-refractivity contribution in [2.45, 2.75) is 37.9 Å². The van der Waals surface area contributed by atoms with Crippen LogP contribution in [0.25, 0.3) is 0 Å². The summed E-state index contributed by atoms with van der Waals surface area (Å²) in [4.78, 5) is 13.8. The largest absolute Gasteiger partial charge is 0.469 e. The van der Waals surface area contributed by atoms with Gasteiger partial charge in [-0.25, -0.2) is 0 Å². The maximum Gasteiger partial charge on any atom is 0.401 e. The highest BCUT2D eigenvalue weighted by atomic mass is 19.4. The summed E-state index contributed by atoms with van der Waals surface area (Å²) in [7, 11) is 1.32. The van der Waals surface area contributed by atoms with Gasteiger partial charge < -0.3 is 15.0 Å². The molecule has 2 fully saturated rings. The molecule has 1 N–H and O–H groups in total. The van der Waals surface area contributed by atoms with E-state index >= 15 is 0 Å². The Hall–Kier alpha value is -0.820. The number of nitrogens with one attached hydrogen (secondary N) is 1. The van der Waals surface area contributed by atoms with E-state index in [4.69, 9.17) is 4.74 Å². The number of esters is 1. The molecule has 7 heteroatoms. The third kappa shape index (κ3) is 5.14. The molecule has 0 amide bonds. The Kier molecular flexibility index (Phi) is 5.48. The second-order valence-corrected chi connectivity index (χ2v) is 6.16. The highest BCUT2D eigenvalue weighted by Crippen LogP contribution is 2.29. The first-order valence-corrected chi connectivity index (χ1v) is 7.47. The molecule has 2 rings (SSSR count). The molecule has 0 aromatic heterocycles. The zero-order valence-electron chi connectivity index (χ0n) is 12.3. The van der Waals surface area contributed by atoms with Crippen molar-refractivity contribution in [3.05, 3.63) is 0 Å². The topological polar surface area (TPSA) is 41.6 Å². The predicted molar refractivity (Wildman–Crippen MR) is 71.7 cm³/mol. The zero-order chi connectivity index (χ0) is 15.5. The Labute approximate surface area is 123 Å². The van der Waals surface area contributed by atoms with Gasteiger partial charge in [-0.3, -0.25) is 4.79 Å². The molecule has 0 radical (unpaired) electrons. The van der Waals surface area contributed by atoms with Crippen molar-refractivity contribution in [2.24, 2.45) is 11.8 Å². The Morgan fingerprint density at radius 3 is 2.57 bits per heavy atom. The lowest BCUT2D eigenvalue weighted by Crippen LogP contribution is -2.53. The van der Waals surface area contributed by atoms with Crippen LogP contribution in [0.15, 0.2) is 0 Å². The van der Waals surface area contributed by atoms with E-state index in [1.165, 1.54) is 26.4 Å². The number of hydrogen-bond acceptors (Lipinski definition) is 4. The molecule has 2 atom stereocenters. The summed E-state index contributed by atoms with van der Waals surface area (Å²) in [6, 6.07) is -0.315. The molecule has 1 saturated carbocycles. The first-order chi connectivity index (χ1) is 9.87. The number of carbonyl (C=O) groups is 1. The molecule has 4 nitrogen and oxygen atoms in total. The minimum atomic E-state index is -4.23. The van der Waals surface area contributed by atoms with Gasteiger partial charge in [0.25, 0.3) is 0 Å². The minimum Gasteiger partial charge on any atom is -0.469 e. The fraction of sp³-hybridized carbons (Fsp3) is 0.929. The SMILES string of the molecule is COC(=O)C1CC(NCC(F)(F)F)CN(CC2CCC2)C1. The smallest absolute Gasteiger partial charge is 0.401 e. The quantitative estimate of drug-likeness (QED) is 0.787. The molecule has 21 heavy (non-hydrogen) atoms. The van der Waals surface area contributed by atoms with E-state index in [1.54, 1.807) is 0 Å². The van der Waals surface area contributed by atoms with Gasteiger partial charge >= 0.3 is 12.1 Å². The fourth-order valence-corrected chi connectivity index (χ4v) is 3.13. The van der Waals surface area contributed by atoms with Gasteiger partial charge in [-0.05, 0) is 25.2 Å². The lowest BCUT2D eigenvalue weighted by atomic mass is 9.84. The molecule has 1 aliphatic heterocycles. The number of ether oxygens (including phenoxy) is 1. The van der Waals surface area contributed by atoms with Gasteiger partial charge in [0.1, 0.15) is 0 Å². The number of rotatable bonds is 5. The van der Waals surface area contributed by atoms with Crippen LogP contribution in [0.3, 0.4) is 0 Å². The lowest BCUT2D eigenvalue weighted by Gasteiger charge is -2.40. The fourth-order valence-electron chi connectivity index (χ4n) is 3.13. The summed E-state index contributed by atoms with van der Waals surface area (Å²) < 4.78 is 41.8. The van der Waals surface area contributed by atoms with Crippen LogP contribution in [-0.2, 0) is 9.53 Å². The molecule has 2 aliphatic rings. The number of carbonyl (C=O) groups excluding carboxylic acids is 1. The highest BCUT2D eigenvalue weighted by molar-refractivity contribution is 5.72. The van der Waals surface area contributed by atoms with Crippen molar-refractivity contribution in [3.63, 3.8) is 0 Å². The molecule has 0 spiro atoms. The summed E-state index contributed by atoms with van der Waals surface area (Å²) in [5.74, 6) is -0.0358. The van der Waals surface area contributed by atoms with Gasteiger partial charge in [-0.15, -0.1) is 0 Å². The third-order valence-corrected chi connectivity index (χ3v) is 4.39. The summed E-state index contributed by atoms with van der Waals surface area (Å²) in [6.45, 7) is 1.02. The maximum absolute atomic E-state index is 12.3. The Morgan fingerprint density at radius 1 is 1.33 bits per heavy atom. The van der Waals surface area contributed by atoms with Gasteiger partial charge in [-0.1, -0.05) is 6.42 Å². The summed E-state index contributed by atoms with van der Waals surface area (Å²) >= 11 is 0. The Balaban J connectivity index is 1.90. The van der Waals surface area contributed by atoms with Crippen molar-refractivity contribution >= 4 is 5.97 Å². The number of halogens is 3. The number of hydrogen-bond donors (Lipinski definition) is 1. The van der Waals surface area contributed by atoms with E-state index in [0.29, 0.717) is 25.4 Å². The minimum absolute atomic E-state index is 0.315. The molecule has 2 unspecified atom stereocenters. The van der Waals surface area contributed by atoms with Crippen LogP contribution in [0.5, 0.6) is 0 Å². The van der Waals surface area contributed by atoms with Gasteiger partial charge in [0.05, 0.1) is 19.6 Å². The van der Waals surface area contributed by atoms with E-state index in [2.05, 4.69) is 10.2 Å². The van der Waals surface area contributed by atoms with Crippen molar-refractivity contribution in [2.75, 3.05) is 33.3 Å². The van der Waals surface area contributed by atoms with Gasteiger partial charge in [0.2, 0.25) is 0 Å². The second kappa shape index (κ2) is 6.96. The predicted octanol–water partition coefficient (Wildman–Crippen LogP) is 1.80. The molecular weight excluding hydrogens is 285 g/mol. The highest BCUT2D eigenvalue weighted by Gasteiger charge is 2.36. The van der Waals surface area contributed by atoms with Crippen LogP contribution >= 0.6 is 0 Å². The Bertz CT molecular complexity index is 359. The van der Waals surface area contributed by atoms with E-state index < -0.39 is 12.7 Å². The summed E-state index contributed by atoms with van der Waals surface area (Å²) in [5.41, 5.74) is 0. The number of methoxy groups -OCH3 is 1. The first-order valence-electron chi connectivity index (χ1n) is 7.47. The van der Waals surface area contributed by atoms with Crippen LogP contribution < -0.4 is 5.32 Å². The molecular formula is C14H23F3N2O2. The monoisotopic (exact) mass is 308 g/mol. The average molecular weight is 308 g/mol. The van der Waals surface area contributed by atoms with E-state index in [9.17, 15) is 18.0 Å². The van der Waals surface area contributed by atoms with Crippen molar-refractivity contribution < 1.29 is 22.7 Å². The summed E-state index contributed by atoms with van der Waals surface area (Å²) in [6.07, 6.45) is -0.226. The van der Waals surface area contributed by atoms with Gasteiger partial charge in [0.15, 0.2) is 0 Å². The Morgan fingerprint density at radius 2 is 2.05 bits per heavy atom. The van der Waals surface area contributed by atoms with Crippen LogP contribution in [0.4, 0.5) is 13.2 Å². The van der Waals surface area contributed by atoms with Crippen LogP contribution in [-0.4, -0.2) is 56.4 Å². The van der Waals surface area contributed by atoms with Crippen molar-refractivity contribution in [1.29, 1.82) is 0 Å². The molecule has 1 aliphatic carbocycles. The molecule has 0 aromatic carbocycles. The normalized spacial score (nSPS) is 28.2. The molecule has 0 aromatic rings. The number of nitrogens with zero attached hydrogens (tertiary/aromatic N) is 1. The van der Waals surface area contributed by atoms with E-state index in [0.717, 1.165) is 6.54 Å². The van der Waals surface area contributed by atoms with Crippen molar-refractivity contribution in [3.8, 4) is 0 Å². The first kappa shape index (κ1) is 16.5. The number of piperidine rings is 1. The van der Waals surface area contributed by atoms with Crippen LogP contribution in [0, 0.1) is 11.8 Å².